The zero-order chi connectivity index (χ0) is 17.4. The highest BCUT2D eigenvalue weighted by atomic mass is 16.3. The van der Waals surface area contributed by atoms with Crippen LogP contribution in [0.15, 0.2) is 24.3 Å². The number of hydrogen-bond donors (Lipinski definition) is 1. The maximum absolute atomic E-state index is 13.1. The van der Waals surface area contributed by atoms with Crippen LogP contribution in [0.2, 0.25) is 0 Å². The first-order chi connectivity index (χ1) is 12.1. The van der Waals surface area contributed by atoms with Crippen LogP contribution in [0.3, 0.4) is 0 Å². The largest absolute Gasteiger partial charge is 0.393 e. The Bertz CT molecular complexity index is 593. The Kier molecular flexibility index (Phi) is 4.86. The fourth-order valence-corrected chi connectivity index (χ4v) is 5.53. The van der Waals surface area contributed by atoms with Gasteiger partial charge in [0.2, 0.25) is 5.91 Å². The first-order valence-electron chi connectivity index (χ1n) is 10.2. The number of likely N-dealkylation sites (tertiary alicyclic amines) is 1. The van der Waals surface area contributed by atoms with Crippen molar-refractivity contribution in [2.75, 3.05) is 13.1 Å². The van der Waals surface area contributed by atoms with Crippen LogP contribution >= 0.6 is 0 Å². The number of nitrogens with zero attached hydrogens (tertiary/aromatic N) is 1. The molecule has 1 N–H and O–H groups in total. The van der Waals surface area contributed by atoms with Gasteiger partial charge in [0, 0.05) is 24.9 Å². The number of rotatable bonds is 3. The molecule has 2 saturated carbocycles. The van der Waals surface area contributed by atoms with E-state index in [0.717, 1.165) is 51.6 Å². The van der Waals surface area contributed by atoms with Gasteiger partial charge in [0.1, 0.15) is 0 Å². The van der Waals surface area contributed by atoms with Gasteiger partial charge in [-0.05, 0) is 67.9 Å². The summed E-state index contributed by atoms with van der Waals surface area (Å²) in [6, 6.07) is 8.97. The smallest absolute Gasteiger partial charge is 0.225 e. The molecule has 3 aliphatic rings. The molecule has 1 aliphatic heterocycles. The van der Waals surface area contributed by atoms with Crippen LogP contribution in [-0.2, 0) is 11.2 Å². The van der Waals surface area contributed by atoms with Gasteiger partial charge in [0.25, 0.3) is 0 Å². The Hall–Kier alpha value is -1.35. The average molecular weight is 341 g/mol. The van der Waals surface area contributed by atoms with Crippen molar-refractivity contribution in [3.63, 3.8) is 0 Å². The van der Waals surface area contributed by atoms with Crippen molar-refractivity contribution < 1.29 is 9.90 Å². The summed E-state index contributed by atoms with van der Waals surface area (Å²) in [6.07, 6.45) is 7.09. The second-order valence-corrected chi connectivity index (χ2v) is 8.63. The lowest BCUT2D eigenvalue weighted by Crippen LogP contribution is -2.41. The number of aliphatic hydroxyl groups excluding tert-OH is 1. The lowest BCUT2D eigenvalue weighted by Gasteiger charge is -2.41. The van der Waals surface area contributed by atoms with E-state index in [1.807, 2.05) is 0 Å². The van der Waals surface area contributed by atoms with Gasteiger partial charge >= 0.3 is 0 Å². The van der Waals surface area contributed by atoms with Crippen molar-refractivity contribution in [2.24, 2.45) is 17.8 Å². The van der Waals surface area contributed by atoms with Crippen molar-refractivity contribution in [3.8, 4) is 0 Å². The highest BCUT2D eigenvalue weighted by Gasteiger charge is 2.40. The van der Waals surface area contributed by atoms with E-state index in [1.54, 1.807) is 0 Å². The number of benzene rings is 1. The highest BCUT2D eigenvalue weighted by molar-refractivity contribution is 5.79. The van der Waals surface area contributed by atoms with Crippen molar-refractivity contribution in [2.45, 2.75) is 63.9 Å². The van der Waals surface area contributed by atoms with E-state index < -0.39 is 0 Å². The second kappa shape index (κ2) is 7.11. The molecule has 136 valence electrons. The predicted molar refractivity (Wildman–Crippen MR) is 99.3 cm³/mol. The summed E-state index contributed by atoms with van der Waals surface area (Å²) in [7, 11) is 0. The molecule has 1 aromatic carbocycles. The van der Waals surface area contributed by atoms with E-state index in [0.29, 0.717) is 23.7 Å². The number of hydrogen-bond acceptors (Lipinski definition) is 2. The normalized spacial score (nSPS) is 35.0. The van der Waals surface area contributed by atoms with Gasteiger partial charge in [0.15, 0.2) is 0 Å². The van der Waals surface area contributed by atoms with E-state index in [4.69, 9.17) is 0 Å². The number of amides is 1. The van der Waals surface area contributed by atoms with E-state index in [1.165, 1.54) is 17.5 Å². The van der Waals surface area contributed by atoms with E-state index >= 15 is 0 Å². The van der Waals surface area contributed by atoms with Crippen LogP contribution in [0.5, 0.6) is 0 Å². The van der Waals surface area contributed by atoms with Gasteiger partial charge in [-0.15, -0.1) is 0 Å². The molecular formula is C22H31NO2. The molecule has 1 aromatic rings. The summed E-state index contributed by atoms with van der Waals surface area (Å²) in [5.74, 6) is 2.23. The Balaban J connectivity index is 1.37. The number of fused-ring (bicyclic) bond motifs is 2. The van der Waals surface area contributed by atoms with Gasteiger partial charge in [-0.25, -0.2) is 0 Å². The van der Waals surface area contributed by atoms with Crippen LogP contribution in [-0.4, -0.2) is 35.1 Å². The fourth-order valence-electron chi connectivity index (χ4n) is 5.53. The minimum absolute atomic E-state index is 0.123. The second-order valence-electron chi connectivity index (χ2n) is 8.63. The summed E-state index contributed by atoms with van der Waals surface area (Å²) in [4.78, 5) is 15.2. The number of carbonyl (C=O) groups is 1. The van der Waals surface area contributed by atoms with Gasteiger partial charge in [-0.3, -0.25) is 4.79 Å². The zero-order valence-corrected chi connectivity index (χ0v) is 15.4. The SMILES string of the molecule is CCc1ccc(C2CCN(C(=O)C3C[C@H]4CC(O)C[C@@H](C3)C4)C2)cc1. The molecule has 3 nitrogen and oxygen atoms in total. The molecule has 0 radical (unpaired) electrons. The molecule has 4 rings (SSSR count). The molecule has 3 unspecified atom stereocenters. The summed E-state index contributed by atoms with van der Waals surface area (Å²) >= 11 is 0. The van der Waals surface area contributed by atoms with Crippen LogP contribution in [0, 0.1) is 17.8 Å². The fraction of sp³-hybridized carbons (Fsp3) is 0.682. The number of aryl methyl sites for hydroxylation is 1. The molecule has 0 aromatic heterocycles. The summed E-state index contributed by atoms with van der Waals surface area (Å²) in [5.41, 5.74) is 2.77. The molecule has 2 aliphatic carbocycles. The first kappa shape index (κ1) is 17.1. The molecular weight excluding hydrogens is 310 g/mol. The van der Waals surface area contributed by atoms with Crippen LogP contribution in [0.1, 0.15) is 62.5 Å². The molecule has 0 spiro atoms. The topological polar surface area (TPSA) is 40.5 Å². The van der Waals surface area contributed by atoms with E-state index in [-0.39, 0.29) is 12.0 Å². The molecule has 25 heavy (non-hydrogen) atoms. The first-order valence-corrected chi connectivity index (χ1v) is 10.2. The highest BCUT2D eigenvalue weighted by Crippen LogP contribution is 2.43. The van der Waals surface area contributed by atoms with E-state index in [9.17, 15) is 9.90 Å². The van der Waals surface area contributed by atoms with Crippen molar-refractivity contribution in [1.29, 1.82) is 0 Å². The van der Waals surface area contributed by atoms with Gasteiger partial charge in [-0.1, -0.05) is 31.2 Å². The minimum Gasteiger partial charge on any atom is -0.393 e. The van der Waals surface area contributed by atoms with Crippen LogP contribution in [0.4, 0.5) is 0 Å². The van der Waals surface area contributed by atoms with Gasteiger partial charge < -0.3 is 10.0 Å². The monoisotopic (exact) mass is 341 g/mol. The molecule has 3 fully saturated rings. The number of carbonyl (C=O) groups excluding carboxylic acids is 1. The lowest BCUT2D eigenvalue weighted by atomic mass is 9.67. The van der Waals surface area contributed by atoms with Gasteiger partial charge in [0.05, 0.1) is 6.10 Å². The molecule has 3 heteroatoms. The Morgan fingerprint density at radius 1 is 1.08 bits per heavy atom. The summed E-state index contributed by atoms with van der Waals surface area (Å²) in [5, 5.41) is 9.95. The molecule has 1 saturated heterocycles. The molecule has 2 bridgehead atoms. The summed E-state index contributed by atoms with van der Waals surface area (Å²) in [6.45, 7) is 3.98. The van der Waals surface area contributed by atoms with Crippen molar-refractivity contribution in [3.05, 3.63) is 35.4 Å². The number of aliphatic hydroxyl groups is 1. The Morgan fingerprint density at radius 3 is 2.40 bits per heavy atom. The Labute approximate surface area is 151 Å². The van der Waals surface area contributed by atoms with Crippen molar-refractivity contribution >= 4 is 5.91 Å². The Morgan fingerprint density at radius 2 is 1.76 bits per heavy atom. The molecule has 1 heterocycles. The standard InChI is InChI=1S/C22H31NO2/c1-2-15-3-5-18(6-4-15)19-7-8-23(14-19)22(25)20-10-16-9-17(11-20)13-21(24)12-16/h3-6,16-17,19-21,24H,2,7-14H2,1H3/t16-,17+,19?,20?,21?. The third kappa shape index (κ3) is 3.62. The quantitative estimate of drug-likeness (QED) is 0.909. The van der Waals surface area contributed by atoms with Crippen molar-refractivity contribution in [1.82, 2.24) is 4.90 Å². The van der Waals surface area contributed by atoms with E-state index in [2.05, 4.69) is 36.1 Å². The third-order valence-corrected chi connectivity index (χ3v) is 6.82. The summed E-state index contributed by atoms with van der Waals surface area (Å²) < 4.78 is 0. The molecule has 1 amide bonds. The van der Waals surface area contributed by atoms with Gasteiger partial charge in [-0.2, -0.15) is 0 Å². The maximum atomic E-state index is 13.1. The third-order valence-electron chi connectivity index (χ3n) is 6.82. The maximum Gasteiger partial charge on any atom is 0.225 e. The van der Waals surface area contributed by atoms with Crippen LogP contribution < -0.4 is 0 Å². The van der Waals surface area contributed by atoms with Crippen LogP contribution in [0.25, 0.3) is 0 Å². The predicted octanol–water partition coefficient (Wildman–Crippen LogP) is 3.75. The average Bonchev–Trinajstić information content (AvgIpc) is 3.10. The molecule has 5 atom stereocenters. The lowest BCUT2D eigenvalue weighted by molar-refractivity contribution is -0.138. The minimum atomic E-state index is -0.123. The zero-order valence-electron chi connectivity index (χ0n) is 15.4.